The molecule has 1 aromatic heterocycles. The number of aromatic nitrogens is 1. The van der Waals surface area contributed by atoms with Gasteiger partial charge < -0.3 is 5.11 Å². The monoisotopic (exact) mass is 226 g/mol. The number of hydrogen-bond donors (Lipinski definition) is 1. The van der Waals surface area contributed by atoms with E-state index in [0.717, 1.165) is 37.5 Å². The lowest BCUT2D eigenvalue weighted by atomic mass is 9.94. The van der Waals surface area contributed by atoms with Gasteiger partial charge in [0, 0.05) is 30.7 Å². The van der Waals surface area contributed by atoms with Crippen LogP contribution >= 0.6 is 11.3 Å². The summed E-state index contributed by atoms with van der Waals surface area (Å²) >= 11 is 1.77. The van der Waals surface area contributed by atoms with Crippen LogP contribution < -0.4 is 0 Å². The van der Waals surface area contributed by atoms with Crippen LogP contribution in [-0.2, 0) is 6.54 Å². The molecule has 4 heteroatoms. The third-order valence-corrected chi connectivity index (χ3v) is 3.88. The van der Waals surface area contributed by atoms with Crippen LogP contribution in [0.1, 0.15) is 29.7 Å². The Bertz CT molecular complexity index is 325. The standard InChI is InChI=1S/C11H18N2OS/c1-9-12-7-10(15-9)8-13-5-3-11(2,14)4-6-13/h7,14H,3-6,8H2,1-2H3. The van der Waals surface area contributed by atoms with Crippen molar-refractivity contribution in [2.45, 2.75) is 38.8 Å². The zero-order chi connectivity index (χ0) is 10.9. The van der Waals surface area contributed by atoms with E-state index >= 15 is 0 Å². The van der Waals surface area contributed by atoms with E-state index in [1.54, 1.807) is 11.3 Å². The first kappa shape index (κ1) is 11.0. The lowest BCUT2D eigenvalue weighted by molar-refractivity contribution is -0.00707. The minimum atomic E-state index is -0.444. The van der Waals surface area contributed by atoms with Gasteiger partial charge in [0.1, 0.15) is 0 Å². The maximum atomic E-state index is 9.83. The number of likely N-dealkylation sites (tertiary alicyclic amines) is 1. The van der Waals surface area contributed by atoms with E-state index in [-0.39, 0.29) is 0 Å². The van der Waals surface area contributed by atoms with Crippen LogP contribution in [0.15, 0.2) is 6.20 Å². The number of aliphatic hydroxyl groups is 1. The second-order valence-corrected chi connectivity index (χ2v) is 5.94. The van der Waals surface area contributed by atoms with Crippen molar-refractivity contribution in [3.05, 3.63) is 16.1 Å². The highest BCUT2D eigenvalue weighted by atomic mass is 32.1. The van der Waals surface area contributed by atoms with Crippen LogP contribution in [-0.4, -0.2) is 33.7 Å². The van der Waals surface area contributed by atoms with E-state index in [2.05, 4.69) is 9.88 Å². The molecular formula is C11H18N2OS. The molecule has 0 unspecified atom stereocenters. The molecule has 1 N–H and O–H groups in total. The topological polar surface area (TPSA) is 36.4 Å². The first-order valence-corrected chi connectivity index (χ1v) is 6.23. The average Bonchev–Trinajstić information content (AvgIpc) is 2.55. The van der Waals surface area contributed by atoms with Crippen molar-refractivity contribution in [3.8, 4) is 0 Å². The molecule has 1 aliphatic rings. The second-order valence-electron chi connectivity index (χ2n) is 4.62. The van der Waals surface area contributed by atoms with Crippen molar-refractivity contribution in [1.82, 2.24) is 9.88 Å². The normalized spacial score (nSPS) is 21.8. The Balaban J connectivity index is 1.87. The smallest absolute Gasteiger partial charge is 0.0897 e. The van der Waals surface area contributed by atoms with Crippen LogP contribution in [0.4, 0.5) is 0 Å². The molecule has 2 heterocycles. The van der Waals surface area contributed by atoms with Gasteiger partial charge in [0.15, 0.2) is 0 Å². The van der Waals surface area contributed by atoms with Gasteiger partial charge in [-0.1, -0.05) is 0 Å². The first-order valence-electron chi connectivity index (χ1n) is 5.41. The zero-order valence-electron chi connectivity index (χ0n) is 9.36. The van der Waals surface area contributed by atoms with Crippen molar-refractivity contribution in [2.24, 2.45) is 0 Å². The van der Waals surface area contributed by atoms with Gasteiger partial charge in [-0.2, -0.15) is 0 Å². The third kappa shape index (κ3) is 3.00. The Morgan fingerprint density at radius 3 is 2.73 bits per heavy atom. The summed E-state index contributed by atoms with van der Waals surface area (Å²) in [4.78, 5) is 7.97. The van der Waals surface area contributed by atoms with Gasteiger partial charge in [0.25, 0.3) is 0 Å². The summed E-state index contributed by atoms with van der Waals surface area (Å²) in [5.41, 5.74) is -0.444. The van der Waals surface area contributed by atoms with Gasteiger partial charge in [-0.05, 0) is 26.7 Å². The molecule has 1 fully saturated rings. The molecule has 3 nitrogen and oxygen atoms in total. The van der Waals surface area contributed by atoms with Gasteiger partial charge >= 0.3 is 0 Å². The Hall–Kier alpha value is -0.450. The minimum absolute atomic E-state index is 0.444. The summed E-state index contributed by atoms with van der Waals surface area (Å²) in [6, 6.07) is 0. The average molecular weight is 226 g/mol. The van der Waals surface area contributed by atoms with Gasteiger partial charge in [0.05, 0.1) is 10.6 Å². The molecule has 0 saturated carbocycles. The zero-order valence-corrected chi connectivity index (χ0v) is 10.2. The molecule has 0 aromatic carbocycles. The molecule has 0 amide bonds. The van der Waals surface area contributed by atoms with E-state index < -0.39 is 5.60 Å². The molecule has 0 aliphatic carbocycles. The molecule has 1 aromatic rings. The summed E-state index contributed by atoms with van der Waals surface area (Å²) < 4.78 is 0. The molecule has 1 saturated heterocycles. The molecular weight excluding hydrogens is 208 g/mol. The number of piperidine rings is 1. The predicted molar refractivity (Wildman–Crippen MR) is 62.0 cm³/mol. The summed E-state index contributed by atoms with van der Waals surface area (Å²) in [5, 5.41) is 11.0. The summed E-state index contributed by atoms with van der Waals surface area (Å²) in [5.74, 6) is 0. The van der Waals surface area contributed by atoms with E-state index in [1.807, 2.05) is 20.0 Å². The van der Waals surface area contributed by atoms with E-state index in [1.165, 1.54) is 4.88 Å². The number of hydrogen-bond acceptors (Lipinski definition) is 4. The fraction of sp³-hybridized carbons (Fsp3) is 0.727. The summed E-state index contributed by atoms with van der Waals surface area (Å²) in [7, 11) is 0. The third-order valence-electron chi connectivity index (χ3n) is 2.98. The molecule has 0 atom stereocenters. The Labute approximate surface area is 94.8 Å². The number of rotatable bonds is 2. The first-order chi connectivity index (χ1) is 7.05. The van der Waals surface area contributed by atoms with Gasteiger partial charge in [-0.15, -0.1) is 11.3 Å². The van der Waals surface area contributed by atoms with Crippen LogP contribution in [0.3, 0.4) is 0 Å². The number of nitrogens with zero attached hydrogens (tertiary/aromatic N) is 2. The fourth-order valence-corrected chi connectivity index (χ4v) is 2.73. The van der Waals surface area contributed by atoms with Crippen LogP contribution in [0.25, 0.3) is 0 Å². The van der Waals surface area contributed by atoms with Gasteiger partial charge in [-0.3, -0.25) is 4.90 Å². The molecule has 0 spiro atoms. The predicted octanol–water partition coefficient (Wildman–Crippen LogP) is 1.80. The van der Waals surface area contributed by atoms with Crippen molar-refractivity contribution in [2.75, 3.05) is 13.1 Å². The molecule has 0 bridgehead atoms. The quantitative estimate of drug-likeness (QED) is 0.835. The van der Waals surface area contributed by atoms with Crippen molar-refractivity contribution in [1.29, 1.82) is 0 Å². The van der Waals surface area contributed by atoms with Crippen molar-refractivity contribution in [3.63, 3.8) is 0 Å². The maximum Gasteiger partial charge on any atom is 0.0897 e. The van der Waals surface area contributed by atoms with Crippen LogP contribution in [0, 0.1) is 6.92 Å². The second kappa shape index (κ2) is 4.20. The van der Waals surface area contributed by atoms with Crippen molar-refractivity contribution >= 4 is 11.3 Å². The molecule has 1 aliphatic heterocycles. The van der Waals surface area contributed by atoms with Crippen LogP contribution in [0.2, 0.25) is 0 Å². The van der Waals surface area contributed by atoms with Crippen molar-refractivity contribution < 1.29 is 5.11 Å². The van der Waals surface area contributed by atoms with E-state index in [0.29, 0.717) is 0 Å². The number of thiazole rings is 1. The van der Waals surface area contributed by atoms with Crippen LogP contribution in [0.5, 0.6) is 0 Å². The molecule has 15 heavy (non-hydrogen) atoms. The fourth-order valence-electron chi connectivity index (χ4n) is 1.89. The van der Waals surface area contributed by atoms with E-state index in [9.17, 15) is 5.11 Å². The lowest BCUT2D eigenvalue weighted by Crippen LogP contribution is -2.41. The molecule has 2 rings (SSSR count). The largest absolute Gasteiger partial charge is 0.390 e. The highest BCUT2D eigenvalue weighted by Crippen LogP contribution is 2.23. The molecule has 84 valence electrons. The van der Waals surface area contributed by atoms with Gasteiger partial charge in [0.2, 0.25) is 0 Å². The summed E-state index contributed by atoms with van der Waals surface area (Å²) in [6.07, 6.45) is 3.72. The Morgan fingerprint density at radius 1 is 1.53 bits per heavy atom. The minimum Gasteiger partial charge on any atom is -0.390 e. The maximum absolute atomic E-state index is 9.83. The summed E-state index contributed by atoms with van der Waals surface area (Å²) in [6.45, 7) is 6.94. The van der Waals surface area contributed by atoms with Gasteiger partial charge in [-0.25, -0.2) is 4.98 Å². The highest BCUT2D eigenvalue weighted by Gasteiger charge is 2.27. The SMILES string of the molecule is Cc1ncc(CN2CCC(C)(O)CC2)s1. The Kier molecular flexibility index (Phi) is 3.09. The lowest BCUT2D eigenvalue weighted by Gasteiger charge is -2.35. The highest BCUT2D eigenvalue weighted by molar-refractivity contribution is 7.11. The Morgan fingerprint density at radius 2 is 2.20 bits per heavy atom. The number of aryl methyl sites for hydroxylation is 1. The van der Waals surface area contributed by atoms with E-state index in [4.69, 9.17) is 0 Å². The molecule has 0 radical (unpaired) electrons.